The molecular formula is C13H15FN4O4. The van der Waals surface area contributed by atoms with E-state index in [1.807, 2.05) is 0 Å². The zero-order valence-electron chi connectivity index (χ0n) is 11.9. The maximum atomic E-state index is 14.2. The molecule has 1 aromatic rings. The third-order valence-electron chi connectivity index (χ3n) is 3.23. The van der Waals surface area contributed by atoms with Gasteiger partial charge in [0.15, 0.2) is 5.82 Å². The minimum Gasteiger partial charge on any atom is -0.367 e. The Kier molecular flexibility index (Phi) is 4.54. The van der Waals surface area contributed by atoms with Crippen molar-refractivity contribution in [3.63, 3.8) is 0 Å². The van der Waals surface area contributed by atoms with Gasteiger partial charge in [-0.3, -0.25) is 19.7 Å². The van der Waals surface area contributed by atoms with Crippen molar-refractivity contribution in [2.75, 3.05) is 29.9 Å². The summed E-state index contributed by atoms with van der Waals surface area (Å²) >= 11 is 0. The molecule has 1 aliphatic rings. The SMILES string of the molecule is CC(=O)Nc1cc(N2CCNC(=O)CC2)c(F)cc1[N+](=O)[O-]. The number of hydrogen-bond acceptors (Lipinski definition) is 5. The third-order valence-corrected chi connectivity index (χ3v) is 3.23. The van der Waals surface area contributed by atoms with Crippen molar-refractivity contribution in [3.05, 3.63) is 28.1 Å². The lowest BCUT2D eigenvalue weighted by atomic mass is 10.2. The largest absolute Gasteiger partial charge is 0.367 e. The number of nitro groups is 1. The van der Waals surface area contributed by atoms with E-state index in [9.17, 15) is 24.1 Å². The molecule has 0 radical (unpaired) electrons. The van der Waals surface area contributed by atoms with E-state index >= 15 is 0 Å². The van der Waals surface area contributed by atoms with Gasteiger partial charge >= 0.3 is 0 Å². The van der Waals surface area contributed by atoms with Crippen LogP contribution in [0, 0.1) is 15.9 Å². The quantitative estimate of drug-likeness (QED) is 0.640. The summed E-state index contributed by atoms with van der Waals surface area (Å²) in [5.74, 6) is -1.39. The van der Waals surface area contributed by atoms with E-state index in [0.717, 1.165) is 6.07 Å². The summed E-state index contributed by atoms with van der Waals surface area (Å²) in [5, 5.41) is 15.9. The van der Waals surface area contributed by atoms with Crippen molar-refractivity contribution in [1.82, 2.24) is 5.32 Å². The molecule has 2 amide bonds. The van der Waals surface area contributed by atoms with Gasteiger partial charge in [0.25, 0.3) is 5.69 Å². The first-order valence-electron chi connectivity index (χ1n) is 6.65. The highest BCUT2D eigenvalue weighted by Crippen LogP contribution is 2.32. The average Bonchev–Trinajstić information content (AvgIpc) is 2.64. The van der Waals surface area contributed by atoms with Crippen molar-refractivity contribution in [2.24, 2.45) is 0 Å². The summed E-state index contributed by atoms with van der Waals surface area (Å²) in [6, 6.07) is 2.01. The predicted molar refractivity (Wildman–Crippen MR) is 77.2 cm³/mol. The Morgan fingerprint density at radius 3 is 2.82 bits per heavy atom. The molecule has 1 fully saturated rings. The number of nitro benzene ring substituents is 1. The number of nitrogens with zero attached hydrogens (tertiary/aromatic N) is 2. The summed E-state index contributed by atoms with van der Waals surface area (Å²) in [6.45, 7) is 2.23. The molecule has 0 unspecified atom stereocenters. The van der Waals surface area contributed by atoms with Gasteiger partial charge in [0.2, 0.25) is 11.8 Å². The lowest BCUT2D eigenvalue weighted by Crippen LogP contribution is -2.29. The molecule has 118 valence electrons. The van der Waals surface area contributed by atoms with Crippen LogP contribution in [-0.2, 0) is 9.59 Å². The van der Waals surface area contributed by atoms with Crippen LogP contribution in [0.5, 0.6) is 0 Å². The minimum absolute atomic E-state index is 0.0718. The van der Waals surface area contributed by atoms with Gasteiger partial charge < -0.3 is 15.5 Å². The van der Waals surface area contributed by atoms with Crippen LogP contribution in [0.1, 0.15) is 13.3 Å². The second kappa shape index (κ2) is 6.37. The molecule has 1 aliphatic heterocycles. The molecule has 0 spiro atoms. The van der Waals surface area contributed by atoms with Gasteiger partial charge in [-0.1, -0.05) is 0 Å². The zero-order valence-corrected chi connectivity index (χ0v) is 11.9. The number of carbonyl (C=O) groups excluding carboxylic acids is 2. The van der Waals surface area contributed by atoms with Crippen LogP contribution in [0.3, 0.4) is 0 Å². The van der Waals surface area contributed by atoms with E-state index in [-0.39, 0.29) is 23.7 Å². The fraction of sp³-hybridized carbons (Fsp3) is 0.385. The predicted octanol–water partition coefficient (Wildman–Crippen LogP) is 1.02. The Balaban J connectivity index is 2.40. The second-order valence-electron chi connectivity index (χ2n) is 4.85. The Bertz CT molecular complexity index is 635. The lowest BCUT2D eigenvalue weighted by Gasteiger charge is -2.23. The first-order chi connectivity index (χ1) is 10.4. The van der Waals surface area contributed by atoms with E-state index in [2.05, 4.69) is 10.6 Å². The number of amides is 2. The van der Waals surface area contributed by atoms with Gasteiger partial charge in [0.05, 0.1) is 16.7 Å². The van der Waals surface area contributed by atoms with Crippen molar-refractivity contribution in [3.8, 4) is 0 Å². The summed E-state index contributed by atoms with van der Waals surface area (Å²) in [4.78, 5) is 34.3. The standard InChI is InChI=1S/C13H15FN4O4/c1-8(19)16-10-7-11(9(14)6-12(10)18(21)22)17-4-2-13(20)15-3-5-17/h6-7H,2-5H2,1H3,(H,15,20)(H,16,19). The fourth-order valence-electron chi connectivity index (χ4n) is 2.24. The molecule has 1 heterocycles. The van der Waals surface area contributed by atoms with E-state index in [4.69, 9.17) is 0 Å². The van der Waals surface area contributed by atoms with Gasteiger partial charge in [-0.15, -0.1) is 0 Å². The van der Waals surface area contributed by atoms with E-state index in [1.165, 1.54) is 13.0 Å². The Morgan fingerprint density at radius 2 is 2.18 bits per heavy atom. The van der Waals surface area contributed by atoms with Crippen LogP contribution in [0.25, 0.3) is 0 Å². The molecule has 0 saturated carbocycles. The first-order valence-corrected chi connectivity index (χ1v) is 6.65. The summed E-state index contributed by atoms with van der Waals surface area (Å²) in [5.41, 5.74) is -0.469. The molecule has 22 heavy (non-hydrogen) atoms. The molecule has 9 heteroatoms. The molecule has 1 aromatic carbocycles. The maximum absolute atomic E-state index is 14.2. The molecule has 1 saturated heterocycles. The van der Waals surface area contributed by atoms with E-state index in [0.29, 0.717) is 19.6 Å². The van der Waals surface area contributed by atoms with Crippen LogP contribution >= 0.6 is 0 Å². The smallest absolute Gasteiger partial charge is 0.295 e. The highest BCUT2D eigenvalue weighted by atomic mass is 19.1. The summed E-state index contributed by atoms with van der Waals surface area (Å²) in [6.07, 6.45) is 0.200. The van der Waals surface area contributed by atoms with Gasteiger partial charge in [0, 0.05) is 33.0 Å². The Labute approximate surface area is 125 Å². The number of halogens is 1. The molecule has 8 nitrogen and oxygen atoms in total. The van der Waals surface area contributed by atoms with Crippen molar-refractivity contribution in [2.45, 2.75) is 13.3 Å². The Hall–Kier alpha value is -2.71. The van der Waals surface area contributed by atoms with Crippen LogP contribution < -0.4 is 15.5 Å². The van der Waals surface area contributed by atoms with Gasteiger partial charge in [-0.05, 0) is 6.07 Å². The fourth-order valence-corrected chi connectivity index (χ4v) is 2.24. The number of anilines is 2. The summed E-state index contributed by atoms with van der Waals surface area (Å²) in [7, 11) is 0. The van der Waals surface area contributed by atoms with E-state index < -0.39 is 22.3 Å². The average molecular weight is 310 g/mol. The van der Waals surface area contributed by atoms with Crippen molar-refractivity contribution in [1.29, 1.82) is 0 Å². The molecule has 0 aliphatic carbocycles. The van der Waals surface area contributed by atoms with Crippen molar-refractivity contribution < 1.29 is 18.9 Å². The molecule has 2 rings (SSSR count). The molecular weight excluding hydrogens is 295 g/mol. The van der Waals surface area contributed by atoms with E-state index in [1.54, 1.807) is 4.90 Å². The van der Waals surface area contributed by atoms with Crippen LogP contribution in [0.4, 0.5) is 21.5 Å². The molecule has 0 aromatic heterocycles. The number of benzene rings is 1. The number of hydrogen-bond donors (Lipinski definition) is 2. The minimum atomic E-state index is -0.768. The van der Waals surface area contributed by atoms with Gasteiger partial charge in [0.1, 0.15) is 5.69 Å². The molecule has 2 N–H and O–H groups in total. The zero-order chi connectivity index (χ0) is 16.3. The number of rotatable bonds is 3. The van der Waals surface area contributed by atoms with Crippen LogP contribution in [-0.4, -0.2) is 36.4 Å². The monoisotopic (exact) mass is 310 g/mol. The highest BCUT2D eigenvalue weighted by Gasteiger charge is 2.23. The highest BCUT2D eigenvalue weighted by molar-refractivity contribution is 5.92. The van der Waals surface area contributed by atoms with Crippen molar-refractivity contribution >= 4 is 28.9 Å². The third kappa shape index (κ3) is 3.48. The lowest BCUT2D eigenvalue weighted by molar-refractivity contribution is -0.384. The van der Waals surface area contributed by atoms with Gasteiger partial charge in [-0.2, -0.15) is 0 Å². The molecule has 0 atom stereocenters. The number of nitrogens with one attached hydrogen (secondary N) is 2. The Morgan fingerprint density at radius 1 is 1.45 bits per heavy atom. The second-order valence-corrected chi connectivity index (χ2v) is 4.85. The topological polar surface area (TPSA) is 105 Å². The van der Waals surface area contributed by atoms with Crippen LogP contribution in [0.15, 0.2) is 12.1 Å². The normalized spacial score (nSPS) is 15.0. The van der Waals surface area contributed by atoms with Gasteiger partial charge in [-0.25, -0.2) is 4.39 Å². The number of carbonyl (C=O) groups is 2. The van der Waals surface area contributed by atoms with Crippen LogP contribution in [0.2, 0.25) is 0 Å². The maximum Gasteiger partial charge on any atom is 0.295 e. The first kappa shape index (κ1) is 15.7. The summed E-state index contributed by atoms with van der Waals surface area (Å²) < 4.78 is 14.2. The molecule has 0 bridgehead atoms.